The highest BCUT2D eigenvalue weighted by molar-refractivity contribution is 5.75. The first kappa shape index (κ1) is 12.0. The molecule has 2 saturated heterocycles. The molecule has 6 nitrogen and oxygen atoms in total. The monoisotopic (exact) mass is 241 g/mol. The average Bonchev–Trinajstić information content (AvgIpc) is 2.39. The molecule has 2 aliphatic heterocycles. The lowest BCUT2D eigenvalue weighted by Gasteiger charge is -2.37. The average molecular weight is 241 g/mol. The zero-order chi connectivity index (χ0) is 12.3. The summed E-state index contributed by atoms with van der Waals surface area (Å²) >= 11 is 0. The van der Waals surface area contributed by atoms with Gasteiger partial charge < -0.3 is 19.8 Å². The maximum absolute atomic E-state index is 12.1. The Bertz CT molecular complexity index is 294. The molecule has 0 saturated carbocycles. The molecule has 0 aromatic heterocycles. The van der Waals surface area contributed by atoms with E-state index in [4.69, 9.17) is 5.11 Å². The zero-order valence-electron chi connectivity index (χ0n) is 9.97. The molecule has 6 heteroatoms. The maximum atomic E-state index is 12.1. The summed E-state index contributed by atoms with van der Waals surface area (Å²) in [4.78, 5) is 27.9. The van der Waals surface area contributed by atoms with Crippen LogP contribution in [-0.2, 0) is 0 Å². The number of piperidine rings is 1. The van der Waals surface area contributed by atoms with E-state index in [0.717, 1.165) is 25.9 Å². The molecule has 3 amide bonds. The van der Waals surface area contributed by atoms with E-state index >= 15 is 0 Å². The van der Waals surface area contributed by atoms with E-state index in [1.165, 1.54) is 11.3 Å². The summed E-state index contributed by atoms with van der Waals surface area (Å²) < 4.78 is 0. The van der Waals surface area contributed by atoms with Gasteiger partial charge in [0, 0.05) is 39.3 Å². The van der Waals surface area contributed by atoms with Crippen LogP contribution < -0.4 is 0 Å². The summed E-state index contributed by atoms with van der Waals surface area (Å²) in [5.74, 6) is 0. The quantitative estimate of drug-likeness (QED) is 0.685. The molecule has 2 aliphatic rings. The summed E-state index contributed by atoms with van der Waals surface area (Å²) in [6.07, 6.45) is 2.48. The van der Waals surface area contributed by atoms with E-state index in [-0.39, 0.29) is 6.03 Å². The third kappa shape index (κ3) is 2.81. The van der Waals surface area contributed by atoms with Crippen LogP contribution in [0.3, 0.4) is 0 Å². The van der Waals surface area contributed by atoms with E-state index in [1.807, 2.05) is 4.90 Å². The smallest absolute Gasteiger partial charge is 0.407 e. The molecule has 0 atom stereocenters. The summed E-state index contributed by atoms with van der Waals surface area (Å²) in [5.41, 5.74) is 0. The van der Waals surface area contributed by atoms with Crippen LogP contribution in [0.15, 0.2) is 0 Å². The summed E-state index contributed by atoms with van der Waals surface area (Å²) in [7, 11) is 0. The van der Waals surface area contributed by atoms with Gasteiger partial charge >= 0.3 is 12.1 Å². The molecular weight excluding hydrogens is 222 g/mol. The summed E-state index contributed by atoms with van der Waals surface area (Å²) in [5, 5.41) is 8.82. The number of piperazine rings is 1. The Balaban J connectivity index is 1.83. The number of rotatable bonds is 0. The van der Waals surface area contributed by atoms with Crippen LogP contribution in [0.2, 0.25) is 0 Å². The largest absolute Gasteiger partial charge is 0.465 e. The number of hydrogen-bond donors (Lipinski definition) is 1. The van der Waals surface area contributed by atoms with Gasteiger partial charge in [-0.1, -0.05) is 0 Å². The van der Waals surface area contributed by atoms with Crippen LogP contribution >= 0.6 is 0 Å². The second-order valence-electron chi connectivity index (χ2n) is 4.59. The lowest BCUT2D eigenvalue weighted by molar-refractivity contribution is 0.0959. The molecule has 0 spiro atoms. The van der Waals surface area contributed by atoms with Crippen LogP contribution in [0.4, 0.5) is 9.59 Å². The second kappa shape index (κ2) is 5.25. The fourth-order valence-corrected chi connectivity index (χ4v) is 2.37. The van der Waals surface area contributed by atoms with Crippen LogP contribution in [-0.4, -0.2) is 71.2 Å². The molecule has 17 heavy (non-hydrogen) atoms. The van der Waals surface area contributed by atoms with Crippen molar-refractivity contribution in [3.63, 3.8) is 0 Å². The van der Waals surface area contributed by atoms with Gasteiger partial charge in [0.2, 0.25) is 0 Å². The van der Waals surface area contributed by atoms with Gasteiger partial charge in [-0.15, -0.1) is 0 Å². The Kier molecular flexibility index (Phi) is 3.71. The molecule has 0 unspecified atom stereocenters. The predicted octanol–water partition coefficient (Wildman–Crippen LogP) is 0.888. The van der Waals surface area contributed by atoms with Crippen LogP contribution in [0, 0.1) is 0 Å². The summed E-state index contributed by atoms with van der Waals surface area (Å²) in [6, 6.07) is 0.0785. The third-order valence-electron chi connectivity index (χ3n) is 3.45. The Morgan fingerprint density at radius 1 is 0.706 bits per heavy atom. The highest BCUT2D eigenvalue weighted by Crippen LogP contribution is 2.12. The van der Waals surface area contributed by atoms with Crippen molar-refractivity contribution in [1.82, 2.24) is 14.7 Å². The molecule has 0 aliphatic carbocycles. The molecule has 0 bridgehead atoms. The number of nitrogens with zero attached hydrogens (tertiary/aromatic N) is 3. The first-order chi connectivity index (χ1) is 8.18. The predicted molar refractivity (Wildman–Crippen MR) is 62.0 cm³/mol. The molecule has 96 valence electrons. The van der Waals surface area contributed by atoms with Crippen molar-refractivity contribution in [2.45, 2.75) is 19.3 Å². The topological polar surface area (TPSA) is 64.1 Å². The third-order valence-corrected chi connectivity index (χ3v) is 3.45. The molecule has 0 aromatic rings. The number of amides is 3. The minimum atomic E-state index is -0.893. The van der Waals surface area contributed by atoms with E-state index in [2.05, 4.69) is 0 Å². The molecule has 2 heterocycles. The molecule has 0 aromatic carbocycles. The number of carboxylic acid groups (broad SMARTS) is 1. The van der Waals surface area contributed by atoms with Gasteiger partial charge in [-0.2, -0.15) is 0 Å². The van der Waals surface area contributed by atoms with E-state index in [9.17, 15) is 9.59 Å². The molecule has 2 rings (SSSR count). The van der Waals surface area contributed by atoms with Crippen molar-refractivity contribution in [3.05, 3.63) is 0 Å². The normalized spacial score (nSPS) is 21.5. The Morgan fingerprint density at radius 2 is 1.18 bits per heavy atom. The maximum Gasteiger partial charge on any atom is 0.407 e. The standard InChI is InChI=1S/C11H19N3O3/c15-10(12-4-2-1-3-5-12)13-6-8-14(9-7-13)11(16)17/h1-9H2,(H,16,17). The van der Waals surface area contributed by atoms with Crippen molar-refractivity contribution in [3.8, 4) is 0 Å². The first-order valence-electron chi connectivity index (χ1n) is 6.20. The van der Waals surface area contributed by atoms with Gasteiger partial charge in [0.1, 0.15) is 0 Å². The van der Waals surface area contributed by atoms with Crippen molar-refractivity contribution < 1.29 is 14.7 Å². The van der Waals surface area contributed by atoms with Gasteiger partial charge in [0.15, 0.2) is 0 Å². The molecular formula is C11H19N3O3. The van der Waals surface area contributed by atoms with Crippen molar-refractivity contribution in [1.29, 1.82) is 0 Å². The van der Waals surface area contributed by atoms with Gasteiger partial charge in [0.25, 0.3) is 0 Å². The van der Waals surface area contributed by atoms with E-state index in [0.29, 0.717) is 26.2 Å². The molecule has 1 N–H and O–H groups in total. The lowest BCUT2D eigenvalue weighted by Crippen LogP contribution is -2.54. The Labute approximate surface area is 101 Å². The van der Waals surface area contributed by atoms with E-state index < -0.39 is 6.09 Å². The van der Waals surface area contributed by atoms with Gasteiger partial charge in [0.05, 0.1) is 0 Å². The number of carbonyl (C=O) groups excluding carboxylic acids is 1. The van der Waals surface area contributed by atoms with E-state index in [1.54, 1.807) is 4.90 Å². The number of urea groups is 1. The number of likely N-dealkylation sites (tertiary alicyclic amines) is 1. The van der Waals surface area contributed by atoms with Crippen molar-refractivity contribution in [2.75, 3.05) is 39.3 Å². The minimum Gasteiger partial charge on any atom is -0.465 e. The Morgan fingerprint density at radius 3 is 1.71 bits per heavy atom. The lowest BCUT2D eigenvalue weighted by atomic mass is 10.1. The van der Waals surface area contributed by atoms with Gasteiger partial charge in [-0.25, -0.2) is 9.59 Å². The Hall–Kier alpha value is -1.46. The fourth-order valence-electron chi connectivity index (χ4n) is 2.37. The minimum absolute atomic E-state index is 0.0785. The molecule has 0 radical (unpaired) electrons. The van der Waals surface area contributed by atoms with Gasteiger partial charge in [-0.3, -0.25) is 0 Å². The first-order valence-corrected chi connectivity index (χ1v) is 6.20. The van der Waals surface area contributed by atoms with Crippen molar-refractivity contribution in [2.24, 2.45) is 0 Å². The SMILES string of the molecule is O=C(O)N1CCN(C(=O)N2CCCCC2)CC1. The zero-order valence-corrected chi connectivity index (χ0v) is 9.97. The number of hydrogen-bond acceptors (Lipinski definition) is 2. The van der Waals surface area contributed by atoms with Crippen LogP contribution in [0.5, 0.6) is 0 Å². The highest BCUT2D eigenvalue weighted by atomic mass is 16.4. The fraction of sp³-hybridized carbons (Fsp3) is 0.818. The molecule has 2 fully saturated rings. The second-order valence-corrected chi connectivity index (χ2v) is 4.59. The highest BCUT2D eigenvalue weighted by Gasteiger charge is 2.27. The number of carbonyl (C=O) groups is 2. The van der Waals surface area contributed by atoms with Crippen molar-refractivity contribution >= 4 is 12.1 Å². The van der Waals surface area contributed by atoms with Crippen LogP contribution in [0.1, 0.15) is 19.3 Å². The van der Waals surface area contributed by atoms with Gasteiger partial charge in [-0.05, 0) is 19.3 Å². The van der Waals surface area contributed by atoms with Crippen LogP contribution in [0.25, 0.3) is 0 Å². The summed E-state index contributed by atoms with van der Waals surface area (Å²) in [6.45, 7) is 3.57.